The van der Waals surface area contributed by atoms with E-state index in [1.54, 1.807) is 30.5 Å². The summed E-state index contributed by atoms with van der Waals surface area (Å²) in [5, 5.41) is 0.621. The Labute approximate surface area is 126 Å². The SMILES string of the molecule is NC(=O)c1cc(OC2CN(c3ncccc3Cl)C2)ccn1. The van der Waals surface area contributed by atoms with Crippen molar-refractivity contribution >= 4 is 23.3 Å². The molecule has 0 atom stereocenters. The molecule has 0 radical (unpaired) electrons. The maximum absolute atomic E-state index is 11.1. The van der Waals surface area contributed by atoms with Crippen molar-refractivity contribution in [1.82, 2.24) is 9.97 Å². The fourth-order valence-electron chi connectivity index (χ4n) is 2.11. The van der Waals surface area contributed by atoms with Gasteiger partial charge in [-0.05, 0) is 18.2 Å². The number of aromatic nitrogens is 2. The second kappa shape index (κ2) is 5.57. The average Bonchev–Trinajstić information content (AvgIpc) is 2.44. The monoisotopic (exact) mass is 304 g/mol. The number of pyridine rings is 2. The summed E-state index contributed by atoms with van der Waals surface area (Å²) in [4.78, 5) is 21.2. The molecule has 1 aliphatic heterocycles. The zero-order chi connectivity index (χ0) is 14.8. The number of rotatable bonds is 4. The number of halogens is 1. The molecule has 6 nitrogen and oxygen atoms in total. The lowest BCUT2D eigenvalue weighted by molar-refractivity contribution is 0.0994. The number of amides is 1. The molecule has 0 aliphatic carbocycles. The molecule has 2 aromatic heterocycles. The number of carbonyl (C=O) groups excluding carboxylic acids is 1. The molecule has 3 heterocycles. The van der Waals surface area contributed by atoms with Crippen LogP contribution in [0.5, 0.6) is 5.75 Å². The first-order valence-electron chi connectivity index (χ1n) is 6.41. The number of carbonyl (C=O) groups is 1. The molecular formula is C14H13ClN4O2. The minimum atomic E-state index is -0.573. The summed E-state index contributed by atoms with van der Waals surface area (Å²) in [5.41, 5.74) is 5.38. The summed E-state index contributed by atoms with van der Waals surface area (Å²) >= 11 is 6.09. The highest BCUT2D eigenvalue weighted by molar-refractivity contribution is 6.32. The normalized spacial score (nSPS) is 14.6. The fraction of sp³-hybridized carbons (Fsp3) is 0.214. The van der Waals surface area contributed by atoms with Crippen LogP contribution < -0.4 is 15.4 Å². The molecule has 3 rings (SSSR count). The van der Waals surface area contributed by atoms with Crippen molar-refractivity contribution in [3.63, 3.8) is 0 Å². The van der Waals surface area contributed by atoms with E-state index in [4.69, 9.17) is 22.1 Å². The van der Waals surface area contributed by atoms with Crippen LogP contribution in [0.3, 0.4) is 0 Å². The fourth-order valence-corrected chi connectivity index (χ4v) is 2.35. The Hall–Kier alpha value is -2.34. The molecule has 0 saturated carbocycles. The Kier molecular flexibility index (Phi) is 3.62. The van der Waals surface area contributed by atoms with Crippen LogP contribution in [-0.2, 0) is 0 Å². The zero-order valence-electron chi connectivity index (χ0n) is 11.1. The molecule has 2 N–H and O–H groups in total. The number of anilines is 1. The van der Waals surface area contributed by atoms with Crippen molar-refractivity contribution in [2.45, 2.75) is 6.10 Å². The first-order chi connectivity index (χ1) is 10.1. The van der Waals surface area contributed by atoms with E-state index in [9.17, 15) is 4.79 Å². The summed E-state index contributed by atoms with van der Waals surface area (Å²) < 4.78 is 5.77. The van der Waals surface area contributed by atoms with E-state index in [2.05, 4.69) is 9.97 Å². The van der Waals surface area contributed by atoms with Crippen LogP contribution in [0.4, 0.5) is 5.82 Å². The Morgan fingerprint density at radius 2 is 2.14 bits per heavy atom. The van der Waals surface area contributed by atoms with Crippen LogP contribution in [0.25, 0.3) is 0 Å². The van der Waals surface area contributed by atoms with Crippen LogP contribution in [0.2, 0.25) is 5.02 Å². The maximum atomic E-state index is 11.1. The van der Waals surface area contributed by atoms with Crippen molar-refractivity contribution in [1.29, 1.82) is 0 Å². The highest BCUT2D eigenvalue weighted by Crippen LogP contribution is 2.28. The van der Waals surface area contributed by atoms with E-state index < -0.39 is 5.91 Å². The molecule has 7 heteroatoms. The van der Waals surface area contributed by atoms with Crippen molar-refractivity contribution in [2.75, 3.05) is 18.0 Å². The first-order valence-corrected chi connectivity index (χ1v) is 6.79. The third kappa shape index (κ3) is 2.90. The number of nitrogens with two attached hydrogens (primary N) is 1. The molecule has 1 fully saturated rings. The standard InChI is InChI=1S/C14H13ClN4O2/c15-11-2-1-4-18-14(11)19-7-10(8-19)21-9-3-5-17-12(6-9)13(16)20/h1-6,10H,7-8H2,(H2,16,20). The molecule has 0 spiro atoms. The van der Waals surface area contributed by atoms with Gasteiger partial charge in [0.1, 0.15) is 23.4 Å². The van der Waals surface area contributed by atoms with Crippen LogP contribution in [0.15, 0.2) is 36.7 Å². The van der Waals surface area contributed by atoms with Crippen LogP contribution in [0, 0.1) is 0 Å². The van der Waals surface area contributed by atoms with Crippen molar-refractivity contribution in [2.24, 2.45) is 5.73 Å². The minimum absolute atomic E-state index is 0.0196. The molecule has 108 valence electrons. The Morgan fingerprint density at radius 1 is 1.33 bits per heavy atom. The number of hydrogen-bond acceptors (Lipinski definition) is 5. The molecule has 1 saturated heterocycles. The van der Waals surface area contributed by atoms with Gasteiger partial charge in [-0.25, -0.2) is 4.98 Å². The maximum Gasteiger partial charge on any atom is 0.267 e. The molecule has 1 aliphatic rings. The van der Waals surface area contributed by atoms with E-state index in [1.165, 1.54) is 6.20 Å². The first kappa shape index (κ1) is 13.6. The van der Waals surface area contributed by atoms with Crippen molar-refractivity contribution in [3.05, 3.63) is 47.4 Å². The second-order valence-corrected chi connectivity index (χ2v) is 5.10. The van der Waals surface area contributed by atoms with Gasteiger partial charge < -0.3 is 15.4 Å². The van der Waals surface area contributed by atoms with Gasteiger partial charge in [0.25, 0.3) is 5.91 Å². The van der Waals surface area contributed by atoms with Gasteiger partial charge in [-0.3, -0.25) is 9.78 Å². The lowest BCUT2D eigenvalue weighted by Crippen LogP contribution is -2.54. The van der Waals surface area contributed by atoms with Gasteiger partial charge in [0.15, 0.2) is 0 Å². The van der Waals surface area contributed by atoms with E-state index >= 15 is 0 Å². The van der Waals surface area contributed by atoms with Crippen LogP contribution in [0.1, 0.15) is 10.5 Å². The van der Waals surface area contributed by atoms with Crippen LogP contribution >= 0.6 is 11.6 Å². The smallest absolute Gasteiger partial charge is 0.267 e. The van der Waals surface area contributed by atoms with Gasteiger partial charge in [-0.1, -0.05) is 11.6 Å². The highest BCUT2D eigenvalue weighted by Gasteiger charge is 2.30. The quantitative estimate of drug-likeness (QED) is 0.925. The number of nitrogens with zero attached hydrogens (tertiary/aromatic N) is 3. The molecule has 21 heavy (non-hydrogen) atoms. The highest BCUT2D eigenvalue weighted by atomic mass is 35.5. The summed E-state index contributed by atoms with van der Waals surface area (Å²) in [7, 11) is 0. The van der Waals surface area contributed by atoms with Gasteiger partial charge in [0.05, 0.1) is 18.1 Å². The number of primary amides is 1. The molecule has 1 amide bonds. The molecule has 0 unspecified atom stereocenters. The minimum Gasteiger partial charge on any atom is -0.487 e. The molecule has 0 aromatic carbocycles. The lowest BCUT2D eigenvalue weighted by atomic mass is 10.1. The van der Waals surface area contributed by atoms with Crippen molar-refractivity contribution in [3.8, 4) is 5.75 Å². The summed E-state index contributed by atoms with van der Waals surface area (Å²) in [5.74, 6) is 0.762. The van der Waals surface area contributed by atoms with Gasteiger partial charge in [-0.15, -0.1) is 0 Å². The Bertz CT molecular complexity index is 674. The van der Waals surface area contributed by atoms with E-state index in [-0.39, 0.29) is 11.8 Å². The lowest BCUT2D eigenvalue weighted by Gasteiger charge is -2.40. The predicted molar refractivity (Wildman–Crippen MR) is 78.6 cm³/mol. The zero-order valence-corrected chi connectivity index (χ0v) is 11.8. The second-order valence-electron chi connectivity index (χ2n) is 4.69. The van der Waals surface area contributed by atoms with E-state index in [0.717, 1.165) is 5.82 Å². The predicted octanol–water partition coefficient (Wildman–Crippen LogP) is 1.50. The number of ether oxygens (including phenoxy) is 1. The Balaban J connectivity index is 1.61. The summed E-state index contributed by atoms with van der Waals surface area (Å²) in [6.45, 7) is 1.37. The van der Waals surface area contributed by atoms with Crippen LogP contribution in [-0.4, -0.2) is 35.1 Å². The largest absolute Gasteiger partial charge is 0.487 e. The third-order valence-corrected chi connectivity index (χ3v) is 3.47. The van der Waals surface area contributed by atoms with Crippen molar-refractivity contribution < 1.29 is 9.53 Å². The topological polar surface area (TPSA) is 81.3 Å². The average molecular weight is 305 g/mol. The number of hydrogen-bond donors (Lipinski definition) is 1. The molecular weight excluding hydrogens is 292 g/mol. The van der Waals surface area contributed by atoms with Gasteiger partial charge in [0, 0.05) is 18.5 Å². The Morgan fingerprint density at radius 3 is 2.86 bits per heavy atom. The van der Waals surface area contributed by atoms with E-state index in [0.29, 0.717) is 23.9 Å². The van der Waals surface area contributed by atoms with Gasteiger partial charge in [-0.2, -0.15) is 0 Å². The molecule has 2 aromatic rings. The van der Waals surface area contributed by atoms with E-state index in [1.807, 2.05) is 4.90 Å². The summed E-state index contributed by atoms with van der Waals surface area (Å²) in [6.07, 6.45) is 3.23. The van der Waals surface area contributed by atoms with Gasteiger partial charge in [0.2, 0.25) is 0 Å². The third-order valence-electron chi connectivity index (χ3n) is 3.17. The molecule has 0 bridgehead atoms. The van der Waals surface area contributed by atoms with Gasteiger partial charge >= 0.3 is 0 Å². The summed E-state index contributed by atoms with van der Waals surface area (Å²) in [6, 6.07) is 6.84.